The van der Waals surface area contributed by atoms with Crippen LogP contribution in [-0.2, 0) is 25.4 Å². The molecule has 2 rings (SSSR count). The number of nitrogens with zero attached hydrogens (tertiary/aromatic N) is 2. The molecule has 164 valence electrons. The van der Waals surface area contributed by atoms with Crippen LogP contribution < -0.4 is 4.74 Å². The molecule has 0 spiro atoms. The molecule has 0 aliphatic carbocycles. The van der Waals surface area contributed by atoms with Crippen molar-refractivity contribution in [1.82, 2.24) is 5.16 Å². The largest absolute Gasteiger partial charge is 0.385 e. The quantitative estimate of drug-likeness (QED) is 0.310. The lowest BCUT2D eigenvalue weighted by molar-refractivity contribution is -0.882. The average molecular weight is 412 g/mol. The second-order valence-electron chi connectivity index (χ2n) is 7.00. The molecule has 1 unspecified atom stereocenters. The minimum Gasteiger partial charge on any atom is -0.385 e. The molecule has 2 heterocycles. The predicted molar refractivity (Wildman–Crippen MR) is 106 cm³/mol. The highest BCUT2D eigenvalue weighted by Gasteiger charge is 2.32. The van der Waals surface area contributed by atoms with Gasteiger partial charge in [-0.1, -0.05) is 5.16 Å². The van der Waals surface area contributed by atoms with Gasteiger partial charge in [0.15, 0.2) is 11.5 Å². The lowest BCUT2D eigenvalue weighted by Crippen LogP contribution is -2.43. The number of hydrogen-bond donors (Lipinski definition) is 0. The topological polar surface area (TPSA) is 80.0 Å². The van der Waals surface area contributed by atoms with Crippen molar-refractivity contribution in [2.45, 2.75) is 45.6 Å². The lowest BCUT2D eigenvalue weighted by atomic mass is 10.1. The van der Waals surface area contributed by atoms with Gasteiger partial charge in [-0.05, 0) is 24.5 Å². The molecular weight excluding hydrogens is 376 g/mol. The van der Waals surface area contributed by atoms with Crippen LogP contribution in [0.25, 0.3) is 0 Å². The molecule has 0 saturated heterocycles. The molecule has 8 heteroatoms. The Labute approximate surface area is 173 Å². The Morgan fingerprint density at radius 2 is 1.59 bits per heavy atom. The maximum Gasteiger partial charge on any atom is 0.250 e. The van der Waals surface area contributed by atoms with E-state index in [-0.39, 0.29) is 6.04 Å². The molecule has 0 saturated carbocycles. The number of hydrogen-bond acceptors (Lipinski definition) is 7. The minimum absolute atomic E-state index is 0.0907. The van der Waals surface area contributed by atoms with Gasteiger partial charge < -0.3 is 23.5 Å². The molecule has 0 N–H and O–H groups in total. The van der Waals surface area contributed by atoms with Gasteiger partial charge in [0.1, 0.15) is 5.76 Å². The zero-order valence-electron chi connectivity index (χ0n) is 18.1. The van der Waals surface area contributed by atoms with Crippen LogP contribution in [0.2, 0.25) is 0 Å². The van der Waals surface area contributed by atoms with E-state index in [1.165, 1.54) is 0 Å². The van der Waals surface area contributed by atoms with E-state index in [1.807, 2.05) is 24.7 Å². The van der Waals surface area contributed by atoms with Crippen molar-refractivity contribution in [3.63, 3.8) is 0 Å². The summed E-state index contributed by atoms with van der Waals surface area (Å²) >= 11 is 0. The van der Waals surface area contributed by atoms with Gasteiger partial charge in [-0.3, -0.25) is 0 Å². The highest BCUT2D eigenvalue weighted by Crippen LogP contribution is 2.19. The summed E-state index contributed by atoms with van der Waals surface area (Å²) < 4.78 is 34.8. The Hall–Kier alpha value is -1.74. The Bertz CT molecular complexity index is 685. The van der Waals surface area contributed by atoms with Gasteiger partial charge in [0, 0.05) is 60.1 Å². The molecule has 8 nitrogen and oxygen atoms in total. The molecule has 0 aliphatic rings. The van der Waals surface area contributed by atoms with Crippen molar-refractivity contribution in [3.8, 4) is 0 Å². The summed E-state index contributed by atoms with van der Waals surface area (Å²) in [6, 6.07) is 3.91. The van der Waals surface area contributed by atoms with Crippen LogP contribution in [-0.4, -0.2) is 59.0 Å². The summed E-state index contributed by atoms with van der Waals surface area (Å²) in [6.07, 6.45) is 3.26. The molecule has 1 atom stereocenters. The highest BCUT2D eigenvalue weighted by atomic mass is 16.5. The first-order valence-electron chi connectivity index (χ1n) is 10.2. The van der Waals surface area contributed by atoms with Gasteiger partial charge in [-0.15, -0.1) is 0 Å². The third-order valence-corrected chi connectivity index (χ3v) is 4.48. The third-order valence-electron chi connectivity index (χ3n) is 4.48. The maximum atomic E-state index is 6.02. The fourth-order valence-electron chi connectivity index (χ4n) is 3.10. The monoisotopic (exact) mass is 411 g/mol. The molecule has 0 aromatic carbocycles. The molecular formula is C21H35N2O6+. The van der Waals surface area contributed by atoms with E-state index in [9.17, 15) is 0 Å². The molecule has 29 heavy (non-hydrogen) atoms. The first-order valence-corrected chi connectivity index (χ1v) is 10.2. The summed E-state index contributed by atoms with van der Waals surface area (Å²) in [5, 5.41) is 4.22. The summed E-state index contributed by atoms with van der Waals surface area (Å²) in [7, 11) is 3.39. The van der Waals surface area contributed by atoms with E-state index in [0.717, 1.165) is 48.6 Å². The molecule has 0 radical (unpaired) electrons. The van der Waals surface area contributed by atoms with Crippen LogP contribution >= 0.6 is 0 Å². The van der Waals surface area contributed by atoms with E-state index in [0.29, 0.717) is 39.6 Å². The molecule has 0 fully saturated rings. The van der Waals surface area contributed by atoms with Crippen molar-refractivity contribution in [3.05, 3.63) is 35.0 Å². The smallest absolute Gasteiger partial charge is 0.250 e. The predicted octanol–water partition coefficient (Wildman–Crippen LogP) is 2.80. The van der Waals surface area contributed by atoms with E-state index in [1.54, 1.807) is 14.2 Å². The molecule has 0 bridgehead atoms. The fourth-order valence-corrected chi connectivity index (χ4v) is 3.10. The Morgan fingerprint density at radius 3 is 2.21 bits per heavy atom. The first-order chi connectivity index (χ1) is 14.2. The first kappa shape index (κ1) is 23.5. The van der Waals surface area contributed by atoms with Gasteiger partial charge >= 0.3 is 0 Å². The van der Waals surface area contributed by atoms with E-state index in [2.05, 4.69) is 11.2 Å². The molecule has 0 amide bonds. The van der Waals surface area contributed by atoms with Gasteiger partial charge in [-0.2, -0.15) is 0 Å². The lowest BCUT2D eigenvalue weighted by Gasteiger charge is -2.09. The average Bonchev–Trinajstić information content (AvgIpc) is 3.29. The van der Waals surface area contributed by atoms with Crippen LogP contribution in [0.15, 0.2) is 21.2 Å². The van der Waals surface area contributed by atoms with Gasteiger partial charge in [-0.25, -0.2) is 4.52 Å². The van der Waals surface area contributed by atoms with Crippen LogP contribution in [0.1, 0.15) is 48.2 Å². The van der Waals surface area contributed by atoms with Crippen molar-refractivity contribution in [2.75, 3.05) is 53.9 Å². The number of methoxy groups -OCH3 is 2. The summed E-state index contributed by atoms with van der Waals surface area (Å²) in [4.78, 5) is 0. The molecule has 2 aromatic heterocycles. The fraction of sp³-hybridized carbons (Fsp3) is 0.714. The summed E-state index contributed by atoms with van der Waals surface area (Å²) in [5.41, 5.74) is 1.91. The van der Waals surface area contributed by atoms with Crippen molar-refractivity contribution < 1.29 is 32.7 Å². The second-order valence-corrected chi connectivity index (χ2v) is 7.00. The second kappa shape index (κ2) is 13.5. The summed E-state index contributed by atoms with van der Waals surface area (Å²) in [5.74, 6) is 1.63. The maximum absolute atomic E-state index is 6.02. The number of aryl methyl sites for hydroxylation is 2. The zero-order valence-corrected chi connectivity index (χ0v) is 18.1. The third kappa shape index (κ3) is 8.26. The van der Waals surface area contributed by atoms with E-state index in [4.69, 9.17) is 28.0 Å². The standard InChI is InChI=1S/C21H35N2O6/c1-17-16-20(22-28-17)21(8-14-27-12-6-10-25-4)23-19(15-18(2)29-23)7-13-26-11-5-9-24-3/h15-16,21H,5-14H2,1-4H3/q+1. The Morgan fingerprint density at radius 1 is 0.897 bits per heavy atom. The SMILES string of the molecule is COCCCOCCc1cc(C)o[n+]1C(CCOCCCOC)c1cc(C)on1. The normalized spacial score (nSPS) is 12.6. The van der Waals surface area contributed by atoms with Gasteiger partial charge in [0.25, 0.3) is 6.04 Å². The number of ether oxygens (including phenoxy) is 4. The highest BCUT2D eigenvalue weighted by molar-refractivity contribution is 5.07. The Balaban J connectivity index is 1.99. The summed E-state index contributed by atoms with van der Waals surface area (Å²) in [6.45, 7) is 7.83. The number of aromatic nitrogens is 2. The van der Waals surface area contributed by atoms with E-state index < -0.39 is 0 Å². The van der Waals surface area contributed by atoms with Crippen molar-refractivity contribution >= 4 is 0 Å². The zero-order chi connectivity index (χ0) is 20.9. The Kier molecular flexibility index (Phi) is 10.9. The van der Waals surface area contributed by atoms with Gasteiger partial charge in [0.05, 0.1) is 25.7 Å². The van der Waals surface area contributed by atoms with Crippen molar-refractivity contribution in [2.24, 2.45) is 0 Å². The van der Waals surface area contributed by atoms with Gasteiger partial charge in [0.2, 0.25) is 5.69 Å². The van der Waals surface area contributed by atoms with Crippen LogP contribution in [0.5, 0.6) is 0 Å². The van der Waals surface area contributed by atoms with Crippen LogP contribution in [0.3, 0.4) is 0 Å². The van der Waals surface area contributed by atoms with Crippen LogP contribution in [0, 0.1) is 13.8 Å². The van der Waals surface area contributed by atoms with Crippen LogP contribution in [0.4, 0.5) is 0 Å². The molecule has 0 aliphatic heterocycles. The van der Waals surface area contributed by atoms with Crippen molar-refractivity contribution in [1.29, 1.82) is 0 Å². The minimum atomic E-state index is -0.0907. The number of rotatable bonds is 16. The van der Waals surface area contributed by atoms with E-state index >= 15 is 0 Å². The molecule has 2 aromatic rings.